The summed E-state index contributed by atoms with van der Waals surface area (Å²) < 4.78 is 0. The van der Waals surface area contributed by atoms with E-state index in [1.54, 1.807) is 18.3 Å². The fourth-order valence-electron chi connectivity index (χ4n) is 0.506. The van der Waals surface area contributed by atoms with E-state index in [1.165, 1.54) is 0 Å². The topological polar surface area (TPSA) is 19.9 Å². The van der Waals surface area contributed by atoms with E-state index in [1.807, 2.05) is 16.8 Å². The molecule has 2 heteroatoms. The van der Waals surface area contributed by atoms with Gasteiger partial charge in [-0.2, -0.15) is 11.3 Å². The van der Waals surface area contributed by atoms with Crippen molar-refractivity contribution in [3.8, 4) is 0 Å². The van der Waals surface area contributed by atoms with Crippen LogP contribution in [0.5, 0.6) is 0 Å². The van der Waals surface area contributed by atoms with Gasteiger partial charge in [-0.1, -0.05) is 0 Å². The Hall–Kier alpha value is -0.340. The minimum Gasteiger partial charge on any atom is -0.228 e. The van der Waals surface area contributed by atoms with Crippen LogP contribution in [0.4, 0.5) is 0 Å². The maximum absolute atomic E-state index is 10.6. The molecule has 43 valence electrons. The summed E-state index contributed by atoms with van der Waals surface area (Å²) in [6.45, 7) is 1.65. The number of hydrogen-bond donors (Lipinski definition) is 0. The molecule has 0 aliphatic rings. The lowest BCUT2D eigenvalue weighted by molar-refractivity contribution is 0.107. The minimum atomic E-state index is -0.554. The van der Waals surface area contributed by atoms with Gasteiger partial charge in [-0.25, -0.2) is 5.11 Å². The highest BCUT2D eigenvalue weighted by Gasteiger charge is 1.99. The Morgan fingerprint density at radius 2 is 2.50 bits per heavy atom. The first-order valence-corrected chi connectivity index (χ1v) is 3.43. The average molecular weight is 127 g/mol. The van der Waals surface area contributed by atoms with Crippen LogP contribution >= 0.6 is 11.3 Å². The Bertz CT molecular complexity index is 144. The van der Waals surface area contributed by atoms with Gasteiger partial charge < -0.3 is 0 Å². The Kier molecular flexibility index (Phi) is 1.65. The van der Waals surface area contributed by atoms with Crippen molar-refractivity contribution in [3.63, 3.8) is 0 Å². The zero-order valence-corrected chi connectivity index (χ0v) is 5.44. The van der Waals surface area contributed by atoms with E-state index in [-0.39, 0.29) is 0 Å². The number of rotatable bonds is 1. The highest BCUT2D eigenvalue weighted by atomic mass is 32.1. The summed E-state index contributed by atoms with van der Waals surface area (Å²) >= 11 is 1.57. The lowest BCUT2D eigenvalue weighted by Gasteiger charge is -1.92. The molecule has 1 atom stereocenters. The summed E-state index contributed by atoms with van der Waals surface area (Å²) in [6.07, 6.45) is -0.554. The molecule has 0 bridgehead atoms. The van der Waals surface area contributed by atoms with Gasteiger partial charge in [0, 0.05) is 0 Å². The first kappa shape index (κ1) is 5.79. The van der Waals surface area contributed by atoms with Crippen LogP contribution < -0.4 is 0 Å². The normalized spacial score (nSPS) is 13.8. The molecule has 1 nitrogen and oxygen atoms in total. The third-order valence-electron chi connectivity index (χ3n) is 1.01. The van der Waals surface area contributed by atoms with E-state index in [2.05, 4.69) is 0 Å². The third kappa shape index (κ3) is 1.08. The average Bonchev–Trinajstić information content (AvgIpc) is 2.12. The van der Waals surface area contributed by atoms with E-state index in [0.717, 1.165) is 5.56 Å². The van der Waals surface area contributed by atoms with Crippen LogP contribution in [0.2, 0.25) is 0 Å². The number of hydrogen-bond acceptors (Lipinski definition) is 1. The van der Waals surface area contributed by atoms with E-state index < -0.39 is 6.10 Å². The van der Waals surface area contributed by atoms with Gasteiger partial charge in [-0.3, -0.25) is 0 Å². The summed E-state index contributed by atoms with van der Waals surface area (Å²) in [5.41, 5.74) is 0.898. The van der Waals surface area contributed by atoms with Gasteiger partial charge >= 0.3 is 0 Å². The molecule has 1 aromatic heterocycles. The molecule has 1 aromatic rings. The minimum absolute atomic E-state index is 0.554. The zero-order chi connectivity index (χ0) is 5.98. The Balaban J connectivity index is 2.77. The van der Waals surface area contributed by atoms with Crippen LogP contribution in [0.15, 0.2) is 16.8 Å². The van der Waals surface area contributed by atoms with Crippen molar-refractivity contribution in [1.29, 1.82) is 0 Å². The second kappa shape index (κ2) is 2.29. The molecule has 0 spiro atoms. The Labute approximate surface area is 52.6 Å². The van der Waals surface area contributed by atoms with Crippen LogP contribution in [-0.2, 0) is 5.11 Å². The molecule has 0 fully saturated rings. The second-order valence-corrected chi connectivity index (χ2v) is 2.48. The molecule has 0 amide bonds. The molecule has 0 aromatic carbocycles. The van der Waals surface area contributed by atoms with Crippen LogP contribution in [0.25, 0.3) is 0 Å². The molecule has 0 N–H and O–H groups in total. The Morgan fingerprint density at radius 3 is 2.75 bits per heavy atom. The van der Waals surface area contributed by atoms with Crippen molar-refractivity contribution < 1.29 is 5.11 Å². The van der Waals surface area contributed by atoms with E-state index in [4.69, 9.17) is 0 Å². The van der Waals surface area contributed by atoms with E-state index >= 15 is 0 Å². The van der Waals surface area contributed by atoms with Gasteiger partial charge in [0.05, 0.1) is 0 Å². The van der Waals surface area contributed by atoms with Gasteiger partial charge in [-0.05, 0) is 29.3 Å². The van der Waals surface area contributed by atoms with Crippen molar-refractivity contribution in [1.82, 2.24) is 0 Å². The predicted octanol–water partition coefficient (Wildman–Crippen LogP) is 2.24. The highest BCUT2D eigenvalue weighted by Crippen LogP contribution is 2.14. The molecule has 1 radical (unpaired) electrons. The van der Waals surface area contributed by atoms with Crippen molar-refractivity contribution in [3.05, 3.63) is 22.4 Å². The number of thiophene rings is 1. The molecule has 0 saturated heterocycles. The van der Waals surface area contributed by atoms with E-state index in [9.17, 15) is 5.11 Å². The summed E-state index contributed by atoms with van der Waals surface area (Å²) in [6, 6.07) is 1.86. The summed E-state index contributed by atoms with van der Waals surface area (Å²) in [5, 5.41) is 14.4. The molecule has 0 aliphatic heterocycles. The SMILES string of the molecule is CC([O])c1ccsc1. The monoisotopic (exact) mass is 127 g/mol. The van der Waals surface area contributed by atoms with Crippen molar-refractivity contribution in [2.24, 2.45) is 0 Å². The highest BCUT2D eigenvalue weighted by molar-refractivity contribution is 7.07. The lowest BCUT2D eigenvalue weighted by atomic mass is 10.2. The van der Waals surface area contributed by atoms with Crippen LogP contribution in [0, 0.1) is 0 Å². The summed E-state index contributed by atoms with van der Waals surface area (Å²) in [7, 11) is 0. The van der Waals surface area contributed by atoms with E-state index in [0.29, 0.717) is 0 Å². The molecule has 0 aliphatic carbocycles. The van der Waals surface area contributed by atoms with Crippen molar-refractivity contribution >= 4 is 11.3 Å². The first-order valence-electron chi connectivity index (χ1n) is 2.48. The predicted molar refractivity (Wildman–Crippen MR) is 33.4 cm³/mol. The molecular formula is C6H7OS. The van der Waals surface area contributed by atoms with Crippen molar-refractivity contribution in [2.75, 3.05) is 0 Å². The molecule has 1 unspecified atom stereocenters. The summed E-state index contributed by atoms with van der Waals surface area (Å²) in [5.74, 6) is 0. The van der Waals surface area contributed by atoms with Gasteiger partial charge in [0.1, 0.15) is 6.10 Å². The maximum atomic E-state index is 10.6. The quantitative estimate of drug-likeness (QED) is 0.551. The van der Waals surface area contributed by atoms with Crippen molar-refractivity contribution in [2.45, 2.75) is 13.0 Å². The van der Waals surface area contributed by atoms with Crippen LogP contribution in [-0.4, -0.2) is 0 Å². The zero-order valence-electron chi connectivity index (χ0n) is 4.63. The van der Waals surface area contributed by atoms with Gasteiger partial charge in [0.15, 0.2) is 0 Å². The summed E-state index contributed by atoms with van der Waals surface area (Å²) in [4.78, 5) is 0. The van der Waals surface area contributed by atoms with Gasteiger partial charge in [0.2, 0.25) is 0 Å². The maximum Gasteiger partial charge on any atom is 0.116 e. The Morgan fingerprint density at radius 1 is 1.75 bits per heavy atom. The lowest BCUT2D eigenvalue weighted by Crippen LogP contribution is -1.82. The van der Waals surface area contributed by atoms with Crippen LogP contribution in [0.1, 0.15) is 18.6 Å². The fourth-order valence-corrected chi connectivity index (χ4v) is 1.25. The second-order valence-electron chi connectivity index (χ2n) is 1.70. The standard InChI is InChI=1S/C6H7OS/c1-5(7)6-2-3-8-4-6/h2-5H,1H3. The third-order valence-corrected chi connectivity index (χ3v) is 1.71. The fraction of sp³-hybridized carbons (Fsp3) is 0.333. The molecule has 1 heterocycles. The molecule has 8 heavy (non-hydrogen) atoms. The smallest absolute Gasteiger partial charge is 0.116 e. The molecule has 1 rings (SSSR count). The molecule has 0 saturated carbocycles. The van der Waals surface area contributed by atoms with Crippen LogP contribution in [0.3, 0.4) is 0 Å². The first-order chi connectivity index (χ1) is 3.80. The van der Waals surface area contributed by atoms with Gasteiger partial charge in [0.25, 0.3) is 0 Å². The largest absolute Gasteiger partial charge is 0.228 e. The van der Waals surface area contributed by atoms with Gasteiger partial charge in [-0.15, -0.1) is 0 Å². The molecular weight excluding hydrogens is 120 g/mol.